The Balaban J connectivity index is 1.54. The molecule has 1 aliphatic heterocycles. The van der Waals surface area contributed by atoms with Crippen LogP contribution in [0.15, 0.2) is 53.1 Å². The molecule has 1 aliphatic rings. The zero-order valence-electron chi connectivity index (χ0n) is 15.9. The van der Waals surface area contributed by atoms with Gasteiger partial charge in [0.15, 0.2) is 0 Å². The van der Waals surface area contributed by atoms with Crippen molar-refractivity contribution < 1.29 is 19.1 Å². The van der Waals surface area contributed by atoms with E-state index in [0.717, 1.165) is 36.2 Å². The van der Waals surface area contributed by atoms with Crippen molar-refractivity contribution in [3.63, 3.8) is 0 Å². The molecule has 1 unspecified atom stereocenters. The van der Waals surface area contributed by atoms with Crippen LogP contribution in [0, 0.1) is 5.41 Å². The summed E-state index contributed by atoms with van der Waals surface area (Å²) >= 11 is 0. The quantitative estimate of drug-likeness (QED) is 0.362. The van der Waals surface area contributed by atoms with Crippen molar-refractivity contribution in [2.75, 3.05) is 13.1 Å². The molecule has 4 rings (SSSR count). The fourth-order valence-electron chi connectivity index (χ4n) is 3.68. The van der Waals surface area contributed by atoms with Crippen LogP contribution in [0.1, 0.15) is 29.0 Å². The molecule has 1 aromatic heterocycles. The van der Waals surface area contributed by atoms with E-state index in [1.54, 1.807) is 18.4 Å². The molecule has 150 valence electrons. The van der Waals surface area contributed by atoms with Crippen LogP contribution in [0.5, 0.6) is 5.75 Å². The highest BCUT2D eigenvalue weighted by Gasteiger charge is 2.23. The van der Waals surface area contributed by atoms with E-state index in [-0.39, 0.29) is 11.9 Å². The average Bonchev–Trinajstić information content (AvgIpc) is 3.36. The molecular formula is C22H23N3O4. The van der Waals surface area contributed by atoms with E-state index in [9.17, 15) is 9.90 Å². The molecule has 7 heteroatoms. The third-order valence-electron chi connectivity index (χ3n) is 5.29. The molecule has 0 radical (unpaired) electrons. The van der Waals surface area contributed by atoms with Gasteiger partial charge in [-0.25, -0.2) is 0 Å². The number of carboxylic acids is 1. The zero-order valence-corrected chi connectivity index (χ0v) is 15.9. The number of rotatable bonds is 7. The second-order valence-corrected chi connectivity index (χ2v) is 7.28. The van der Waals surface area contributed by atoms with Gasteiger partial charge in [0.05, 0.1) is 12.2 Å². The molecule has 2 atom stereocenters. The molecule has 2 heterocycles. The van der Waals surface area contributed by atoms with Gasteiger partial charge in [0, 0.05) is 17.5 Å². The molecule has 3 aromatic rings. The van der Waals surface area contributed by atoms with Gasteiger partial charge in [-0.3, -0.25) is 10.2 Å². The van der Waals surface area contributed by atoms with Gasteiger partial charge in [-0.1, -0.05) is 24.3 Å². The van der Waals surface area contributed by atoms with Crippen molar-refractivity contribution in [2.24, 2.45) is 5.73 Å². The first-order valence-electron chi connectivity index (χ1n) is 9.56. The van der Waals surface area contributed by atoms with Crippen molar-refractivity contribution in [1.82, 2.24) is 5.32 Å². The number of aliphatic carboxylic acids is 1. The lowest BCUT2D eigenvalue weighted by Crippen LogP contribution is -2.19. The Morgan fingerprint density at radius 1 is 1.31 bits per heavy atom. The summed E-state index contributed by atoms with van der Waals surface area (Å²) < 4.78 is 11.5. The Morgan fingerprint density at radius 2 is 2.10 bits per heavy atom. The molecule has 0 bridgehead atoms. The van der Waals surface area contributed by atoms with Crippen molar-refractivity contribution >= 4 is 22.8 Å². The van der Waals surface area contributed by atoms with Crippen LogP contribution in [0.4, 0.5) is 0 Å². The normalized spacial score (nSPS) is 17.3. The van der Waals surface area contributed by atoms with Gasteiger partial charge in [-0.2, -0.15) is 0 Å². The SMILES string of the molecule is N=C(N)c1ccc2c(CC(C(=O)O)c3ccc(O[C@H]4CCNC4)cc3)coc2c1. The molecule has 7 nitrogen and oxygen atoms in total. The van der Waals surface area contributed by atoms with Crippen LogP contribution in [0.25, 0.3) is 11.0 Å². The van der Waals surface area contributed by atoms with Crippen LogP contribution in [-0.4, -0.2) is 36.1 Å². The van der Waals surface area contributed by atoms with Crippen LogP contribution in [0.2, 0.25) is 0 Å². The Hall–Kier alpha value is -3.32. The fraction of sp³-hybridized carbons (Fsp3) is 0.273. The topological polar surface area (TPSA) is 122 Å². The maximum atomic E-state index is 12.0. The summed E-state index contributed by atoms with van der Waals surface area (Å²) in [5.41, 5.74) is 8.20. The van der Waals surface area contributed by atoms with Gasteiger partial charge >= 0.3 is 5.97 Å². The smallest absolute Gasteiger partial charge is 0.311 e. The summed E-state index contributed by atoms with van der Waals surface area (Å²) in [5.74, 6) is -0.889. The molecule has 0 spiro atoms. The standard InChI is InChI=1S/C22H23N3O4/c23-21(24)14-3-6-18-15(12-28-20(18)10-14)9-19(22(26)27)13-1-4-16(5-2-13)29-17-7-8-25-11-17/h1-6,10,12,17,19,25H,7-9,11H2,(H3,23,24)(H,26,27)/t17-,19?/m0/s1. The van der Waals surface area contributed by atoms with Gasteiger partial charge in [-0.05, 0) is 48.7 Å². The van der Waals surface area contributed by atoms with Crippen molar-refractivity contribution in [3.8, 4) is 5.75 Å². The maximum Gasteiger partial charge on any atom is 0.311 e. The first-order chi connectivity index (χ1) is 14.0. The lowest BCUT2D eigenvalue weighted by Gasteiger charge is -2.15. The van der Waals surface area contributed by atoms with E-state index in [4.69, 9.17) is 20.3 Å². The van der Waals surface area contributed by atoms with Crippen molar-refractivity contribution in [1.29, 1.82) is 5.41 Å². The number of fused-ring (bicyclic) bond motifs is 1. The number of hydrogen-bond acceptors (Lipinski definition) is 5. The minimum absolute atomic E-state index is 0.0380. The Morgan fingerprint density at radius 3 is 2.76 bits per heavy atom. The third-order valence-corrected chi connectivity index (χ3v) is 5.29. The van der Waals surface area contributed by atoms with Crippen LogP contribution >= 0.6 is 0 Å². The second-order valence-electron chi connectivity index (χ2n) is 7.28. The summed E-state index contributed by atoms with van der Waals surface area (Å²) in [6.07, 6.45) is 3.01. The highest BCUT2D eigenvalue weighted by atomic mass is 16.5. The minimum atomic E-state index is -0.895. The monoisotopic (exact) mass is 393 g/mol. The van der Waals surface area contributed by atoms with E-state index in [0.29, 0.717) is 23.1 Å². The molecule has 29 heavy (non-hydrogen) atoms. The van der Waals surface area contributed by atoms with Crippen molar-refractivity contribution in [3.05, 3.63) is 65.4 Å². The number of carbonyl (C=O) groups is 1. The number of benzene rings is 2. The summed E-state index contributed by atoms with van der Waals surface area (Å²) in [5, 5.41) is 21.4. The van der Waals surface area contributed by atoms with E-state index < -0.39 is 11.9 Å². The number of nitrogens with one attached hydrogen (secondary N) is 2. The number of hydrogen-bond donors (Lipinski definition) is 4. The lowest BCUT2D eigenvalue weighted by molar-refractivity contribution is -0.138. The summed E-state index contributed by atoms with van der Waals surface area (Å²) in [7, 11) is 0. The number of furan rings is 1. The fourth-order valence-corrected chi connectivity index (χ4v) is 3.68. The number of carboxylic acid groups (broad SMARTS) is 1. The van der Waals surface area contributed by atoms with Crippen molar-refractivity contribution in [2.45, 2.75) is 24.9 Å². The summed E-state index contributed by atoms with van der Waals surface area (Å²) in [6.45, 7) is 1.79. The molecule has 5 N–H and O–H groups in total. The number of amidine groups is 1. The van der Waals surface area contributed by atoms with Crippen LogP contribution < -0.4 is 15.8 Å². The molecule has 0 aliphatic carbocycles. The Kier molecular flexibility index (Phi) is 5.22. The molecule has 0 amide bonds. The highest BCUT2D eigenvalue weighted by Crippen LogP contribution is 2.29. The molecule has 1 fully saturated rings. The maximum absolute atomic E-state index is 12.0. The van der Waals surface area contributed by atoms with E-state index in [1.807, 2.05) is 30.3 Å². The third kappa shape index (κ3) is 4.09. The lowest BCUT2D eigenvalue weighted by atomic mass is 9.91. The zero-order chi connectivity index (χ0) is 20.4. The average molecular weight is 393 g/mol. The number of nitrogens with two attached hydrogens (primary N) is 1. The summed E-state index contributed by atoms with van der Waals surface area (Å²) in [6, 6.07) is 12.5. The van der Waals surface area contributed by atoms with Crippen LogP contribution in [-0.2, 0) is 11.2 Å². The highest BCUT2D eigenvalue weighted by molar-refractivity contribution is 5.98. The van der Waals surface area contributed by atoms with Crippen LogP contribution in [0.3, 0.4) is 0 Å². The minimum Gasteiger partial charge on any atom is -0.489 e. The predicted octanol–water partition coefficient (Wildman–Crippen LogP) is 2.87. The summed E-state index contributed by atoms with van der Waals surface area (Å²) in [4.78, 5) is 12.0. The molecule has 2 aromatic carbocycles. The van der Waals surface area contributed by atoms with Gasteiger partial charge in [-0.15, -0.1) is 0 Å². The van der Waals surface area contributed by atoms with Gasteiger partial charge in [0.2, 0.25) is 0 Å². The Bertz CT molecular complexity index is 1040. The Labute approximate surface area is 168 Å². The first-order valence-corrected chi connectivity index (χ1v) is 9.56. The number of ether oxygens (including phenoxy) is 1. The van der Waals surface area contributed by atoms with E-state index >= 15 is 0 Å². The molecule has 0 saturated carbocycles. The molecule has 1 saturated heterocycles. The van der Waals surface area contributed by atoms with E-state index in [2.05, 4.69) is 5.32 Å². The van der Waals surface area contributed by atoms with Gasteiger partial charge in [0.1, 0.15) is 23.3 Å². The largest absolute Gasteiger partial charge is 0.489 e. The molecular weight excluding hydrogens is 370 g/mol. The van der Waals surface area contributed by atoms with E-state index in [1.165, 1.54) is 0 Å². The van der Waals surface area contributed by atoms with Gasteiger partial charge < -0.3 is 25.3 Å². The second kappa shape index (κ2) is 7.97. The van der Waals surface area contributed by atoms with Gasteiger partial charge in [0.25, 0.3) is 0 Å². The first kappa shape index (κ1) is 19.0. The predicted molar refractivity (Wildman–Crippen MR) is 110 cm³/mol. The number of nitrogen functional groups attached to an aromatic ring is 1.